The summed E-state index contributed by atoms with van der Waals surface area (Å²) in [4.78, 5) is 19.2. The second kappa shape index (κ2) is 28.2. The van der Waals surface area contributed by atoms with E-state index in [1.165, 1.54) is 22.3 Å². The summed E-state index contributed by atoms with van der Waals surface area (Å²) in [5.41, 5.74) is 19.8. The fraction of sp³-hybridized carbons (Fsp3) is 0.0769. The molecule has 0 radical (unpaired) electrons. The van der Waals surface area contributed by atoms with Crippen molar-refractivity contribution in [2.24, 2.45) is 0 Å². The Balaban J connectivity index is 0.000000135. The Morgan fingerprint density at radius 1 is 0.301 bits per heavy atom. The van der Waals surface area contributed by atoms with Crippen molar-refractivity contribution in [2.75, 3.05) is 0 Å². The van der Waals surface area contributed by atoms with Gasteiger partial charge in [0, 0.05) is 59.8 Å². The van der Waals surface area contributed by atoms with E-state index in [2.05, 4.69) is 268 Å². The summed E-state index contributed by atoms with van der Waals surface area (Å²) < 4.78 is 25.1. The lowest BCUT2D eigenvalue weighted by atomic mass is 9.76. The number of fused-ring (bicyclic) bond motifs is 12. The molecule has 103 heavy (non-hydrogen) atoms. The first-order chi connectivity index (χ1) is 48.9. The van der Waals surface area contributed by atoms with Crippen molar-refractivity contribution in [3.05, 3.63) is 321 Å². The van der Waals surface area contributed by atoms with Crippen molar-refractivity contribution in [2.45, 2.75) is 46.3 Å². The lowest BCUT2D eigenvalue weighted by molar-refractivity contribution is 0.00578. The van der Waals surface area contributed by atoms with Crippen molar-refractivity contribution < 1.29 is 23.6 Å². The van der Waals surface area contributed by atoms with E-state index in [9.17, 15) is 0 Å². The molecule has 0 saturated carbocycles. The van der Waals surface area contributed by atoms with Crippen LogP contribution in [0.4, 0.5) is 0 Å². The summed E-state index contributed by atoms with van der Waals surface area (Å²) in [5.74, 6) is 0.700. The number of hydrogen-bond donors (Lipinski definition) is 1. The Morgan fingerprint density at radius 2 is 0.650 bits per heavy atom. The molecule has 0 amide bonds. The second-order valence-corrected chi connectivity index (χ2v) is 26.8. The quantitative estimate of drug-likeness (QED) is 0.115. The van der Waals surface area contributed by atoms with Crippen molar-refractivity contribution in [3.63, 3.8) is 0 Å². The first-order valence-electron chi connectivity index (χ1n) is 33.7. The molecule has 1 aliphatic rings. The van der Waals surface area contributed by atoms with Gasteiger partial charge < -0.3 is 29.8 Å². The van der Waals surface area contributed by atoms with Gasteiger partial charge in [0.05, 0.1) is 33.6 Å². The van der Waals surface area contributed by atoms with Crippen molar-refractivity contribution in [1.29, 1.82) is 0 Å². The minimum absolute atomic E-state index is 0. The van der Waals surface area contributed by atoms with E-state index in [4.69, 9.17) is 39.7 Å². The van der Waals surface area contributed by atoms with Gasteiger partial charge >= 0.3 is 7.12 Å². The Labute approximate surface area is 602 Å². The van der Waals surface area contributed by atoms with Crippen LogP contribution in [0.25, 0.3) is 166 Å². The third-order valence-electron chi connectivity index (χ3n) is 19.5. The molecule has 14 aromatic carbocycles. The van der Waals surface area contributed by atoms with Gasteiger partial charge in [0.15, 0.2) is 5.82 Å². The highest BCUT2D eigenvalue weighted by atomic mass is 35.5. The molecule has 18 aromatic rings. The lowest BCUT2D eigenvalue weighted by Crippen LogP contribution is -2.41. The molecular formula is C91H73BClN5O5. The normalized spacial score (nSPS) is 12.9. The molecule has 19 rings (SSSR count). The molecule has 1 aliphatic heterocycles. The van der Waals surface area contributed by atoms with E-state index in [0.29, 0.717) is 5.82 Å². The number of para-hydroxylation sites is 4. The van der Waals surface area contributed by atoms with E-state index in [-0.39, 0.29) is 42.7 Å². The van der Waals surface area contributed by atoms with Gasteiger partial charge in [-0.3, -0.25) is 0 Å². The summed E-state index contributed by atoms with van der Waals surface area (Å²) in [6.45, 7) is 8.36. The molecule has 502 valence electrons. The summed E-state index contributed by atoms with van der Waals surface area (Å²) in [5, 5.41) is 11.2. The maximum atomic E-state index is 6.33. The Hall–Kier alpha value is -11.9. The minimum atomic E-state index is -0.374. The molecule has 1 fully saturated rings. The predicted molar refractivity (Wildman–Crippen MR) is 429 cm³/mol. The van der Waals surface area contributed by atoms with Gasteiger partial charge in [0.2, 0.25) is 5.28 Å². The fourth-order valence-electron chi connectivity index (χ4n) is 13.7. The van der Waals surface area contributed by atoms with Crippen LogP contribution in [0, 0.1) is 0 Å². The van der Waals surface area contributed by atoms with Gasteiger partial charge in [-0.1, -0.05) is 238 Å². The Morgan fingerprint density at radius 3 is 1.09 bits per heavy atom. The average Bonchev–Trinajstić information content (AvgIpc) is 1.74. The van der Waals surface area contributed by atoms with Gasteiger partial charge in [-0.2, -0.15) is 0 Å². The molecule has 0 bridgehead atoms. The van der Waals surface area contributed by atoms with Crippen molar-refractivity contribution in [1.82, 2.24) is 26.1 Å². The Kier molecular flexibility index (Phi) is 18.7. The number of benzene rings is 14. The number of rotatable bonds is 8. The van der Waals surface area contributed by atoms with Crippen LogP contribution in [0.15, 0.2) is 324 Å². The number of nitrogens with zero attached hydrogens (tertiary/aromatic N) is 4. The molecule has 0 atom stereocenters. The smallest absolute Gasteiger partial charge is 0.455 e. The number of aromatic nitrogens is 4. The van der Waals surface area contributed by atoms with Gasteiger partial charge in [-0.15, -0.1) is 0 Å². The van der Waals surface area contributed by atoms with Crippen molar-refractivity contribution in [3.8, 4) is 78.4 Å². The van der Waals surface area contributed by atoms with Crippen LogP contribution in [0.2, 0.25) is 5.28 Å². The zero-order valence-corrected chi connectivity index (χ0v) is 57.4. The van der Waals surface area contributed by atoms with Crippen LogP contribution in [0.3, 0.4) is 0 Å². The molecule has 12 heteroatoms. The summed E-state index contributed by atoms with van der Waals surface area (Å²) in [7, 11) is -0.374. The second-order valence-electron chi connectivity index (χ2n) is 26.4. The topological polar surface area (TPSA) is 163 Å². The molecule has 4 aromatic heterocycles. The Bertz CT molecular complexity index is 6020. The van der Waals surface area contributed by atoms with Crippen LogP contribution in [-0.2, 0) is 9.31 Å². The van der Waals surface area contributed by atoms with Crippen LogP contribution < -0.4 is 11.6 Å². The van der Waals surface area contributed by atoms with Crippen LogP contribution in [0.5, 0.6) is 0 Å². The number of hydrogen-bond acceptors (Lipinski definition) is 9. The largest absolute Gasteiger partial charge is 0.494 e. The van der Waals surface area contributed by atoms with E-state index < -0.39 is 0 Å². The van der Waals surface area contributed by atoms with Crippen LogP contribution >= 0.6 is 11.6 Å². The summed E-state index contributed by atoms with van der Waals surface area (Å²) in [6, 6.07) is 109. The van der Waals surface area contributed by atoms with Crippen LogP contribution in [0.1, 0.15) is 35.1 Å². The molecule has 5 N–H and O–H groups in total. The zero-order valence-electron chi connectivity index (χ0n) is 56.6. The lowest BCUT2D eigenvalue weighted by Gasteiger charge is -2.32. The third kappa shape index (κ3) is 13.1. The van der Waals surface area contributed by atoms with E-state index >= 15 is 0 Å². The molecular weight excluding hydrogens is 1290 g/mol. The first kappa shape index (κ1) is 68.2. The molecule has 5 heterocycles. The maximum absolute atomic E-state index is 6.33. The number of furan rings is 2. The molecule has 0 aliphatic carbocycles. The molecule has 0 unspecified atom stereocenters. The highest BCUT2D eigenvalue weighted by Gasteiger charge is 2.52. The highest BCUT2D eigenvalue weighted by Crippen LogP contribution is 2.42. The van der Waals surface area contributed by atoms with Gasteiger partial charge in [0.1, 0.15) is 22.3 Å². The van der Waals surface area contributed by atoms with Gasteiger partial charge in [-0.25, -0.2) is 19.9 Å². The first-order valence-corrected chi connectivity index (χ1v) is 34.1. The van der Waals surface area contributed by atoms with E-state index in [1.54, 1.807) is 0 Å². The molecule has 0 spiro atoms. The zero-order chi connectivity index (χ0) is 67.5. The van der Waals surface area contributed by atoms with Crippen LogP contribution in [-0.4, -0.2) is 43.7 Å². The maximum Gasteiger partial charge on any atom is 0.494 e. The summed E-state index contributed by atoms with van der Waals surface area (Å²) >= 11 is 6.18. The van der Waals surface area contributed by atoms with Gasteiger partial charge in [0.25, 0.3) is 0 Å². The highest BCUT2D eigenvalue weighted by molar-refractivity contribution is 6.62. The summed E-state index contributed by atoms with van der Waals surface area (Å²) in [6.07, 6.45) is 0. The van der Waals surface area contributed by atoms with E-state index in [0.717, 1.165) is 143 Å². The average molecular weight is 1360 g/mol. The molecule has 1 saturated heterocycles. The van der Waals surface area contributed by atoms with Crippen molar-refractivity contribution >= 4 is 111 Å². The SMILES string of the molecule is C.CC1(C)OB(c2cc(-c3ccccc3)cc(-c3ccccc3)c2)OC1(C)C.Clc1nc(-c2ccc3c(ccc4c5ccccc5oc34)c2)c2ccccc2n1.N.O.c1ccc(-c2cc(-c3ccccc3)cc(-c3nc(-c4ccc5c(ccc6c7ccccc7oc56)c4)c4ccccc4n3)c2)cc1. The fourth-order valence-corrected chi connectivity index (χ4v) is 13.9. The van der Waals surface area contributed by atoms with Gasteiger partial charge in [-0.05, 0) is 185 Å². The molecule has 10 nitrogen and oxygen atoms in total. The number of halogens is 1. The van der Waals surface area contributed by atoms with E-state index in [1.807, 2.05) is 84.9 Å². The standard InChI is InChI=1S/C42H26N2O.C24H25BO2.C24H13ClN2O.CH4.H3N.H2O/c1-3-11-27(12-4-1)31-24-32(28-13-5-2-6-14-28)26-33(25-31)42-43-38-17-9-7-16-37(38)40(44-42)30-20-21-34-29(23-30)19-22-36-35-15-8-10-18-39(35)45-41(34)36;1-23(2)24(3,4)27-25(26-23)22-16-20(18-11-7-5-8-12-18)15-21(17-22)19-13-9-6-10-14-19;25-24-26-20-7-3-1-6-19(20)22(27-24)15-10-11-16-14(13-15)9-12-18-17-5-2-4-8-21(17)28-23(16)18;;;/h1-26H;5-17H,1-4H3;1-13H;1H4;1H3;1H2. The predicted octanol–water partition coefficient (Wildman–Crippen LogP) is 23.6. The third-order valence-corrected chi connectivity index (χ3v) is 19.7. The minimum Gasteiger partial charge on any atom is -0.455 e. The monoisotopic (exact) mass is 1360 g/mol.